The predicted molar refractivity (Wildman–Crippen MR) is 108 cm³/mol. The molecule has 1 aromatic rings. The molecule has 0 unspecified atom stereocenters. The Morgan fingerprint density at radius 1 is 1.00 bits per heavy atom. The van der Waals surface area contributed by atoms with Crippen LogP contribution in [0.1, 0.15) is 32.3 Å². The summed E-state index contributed by atoms with van der Waals surface area (Å²) in [6, 6.07) is 7.40. The Morgan fingerprint density at radius 2 is 1.64 bits per heavy atom. The number of amides is 2. The average Bonchev–Trinajstić information content (AvgIpc) is 2.68. The molecular weight excluding hydrogens is 360 g/mol. The lowest BCUT2D eigenvalue weighted by Gasteiger charge is -2.06. The van der Waals surface area contributed by atoms with Crippen LogP contribution in [-0.4, -0.2) is 44.6 Å². The van der Waals surface area contributed by atoms with E-state index in [4.69, 9.17) is 9.47 Å². The van der Waals surface area contributed by atoms with E-state index in [1.165, 1.54) is 13.0 Å². The van der Waals surface area contributed by atoms with Crippen LogP contribution in [-0.2, 0) is 19.1 Å². The molecule has 7 heteroatoms. The minimum absolute atomic E-state index is 0.0880. The van der Waals surface area contributed by atoms with Crippen LogP contribution in [0.2, 0.25) is 0 Å². The van der Waals surface area contributed by atoms with E-state index < -0.39 is 0 Å². The summed E-state index contributed by atoms with van der Waals surface area (Å²) in [5.74, 6) is 0.0248. The van der Waals surface area contributed by atoms with Crippen molar-refractivity contribution in [1.82, 2.24) is 10.6 Å². The highest BCUT2D eigenvalue weighted by molar-refractivity contribution is 5.92. The Balaban J connectivity index is 2.15. The second kappa shape index (κ2) is 13.1. The number of nitrogens with one attached hydrogen (secondary N) is 2. The molecule has 1 aromatic carbocycles. The van der Waals surface area contributed by atoms with Crippen molar-refractivity contribution in [1.29, 1.82) is 0 Å². The first-order valence-electron chi connectivity index (χ1n) is 9.10. The van der Waals surface area contributed by atoms with Gasteiger partial charge in [-0.3, -0.25) is 14.4 Å². The van der Waals surface area contributed by atoms with Crippen LogP contribution in [0.3, 0.4) is 0 Å². The number of rotatable bonds is 11. The molecule has 0 radical (unpaired) electrons. The molecule has 0 aromatic heterocycles. The fourth-order valence-electron chi connectivity index (χ4n) is 2.13. The van der Waals surface area contributed by atoms with Crippen molar-refractivity contribution in [2.45, 2.75) is 26.7 Å². The third kappa shape index (κ3) is 10.2. The fraction of sp³-hybridized carbons (Fsp3) is 0.381. The van der Waals surface area contributed by atoms with Crippen molar-refractivity contribution < 1.29 is 23.9 Å². The Bertz CT molecular complexity index is 708. The number of hydrogen-bond donors (Lipinski definition) is 2. The van der Waals surface area contributed by atoms with Gasteiger partial charge in [-0.05, 0) is 49.6 Å². The second-order valence-electron chi connectivity index (χ2n) is 6.05. The maximum atomic E-state index is 11.8. The van der Waals surface area contributed by atoms with E-state index in [1.807, 2.05) is 24.3 Å². The van der Waals surface area contributed by atoms with Crippen molar-refractivity contribution in [3.63, 3.8) is 0 Å². The minimum Gasteiger partial charge on any atom is -0.497 e. The number of benzene rings is 1. The summed E-state index contributed by atoms with van der Waals surface area (Å²) in [4.78, 5) is 34.3. The van der Waals surface area contributed by atoms with Gasteiger partial charge in [-0.25, -0.2) is 0 Å². The molecule has 0 heterocycles. The Labute approximate surface area is 165 Å². The van der Waals surface area contributed by atoms with Crippen molar-refractivity contribution in [2.75, 3.05) is 26.8 Å². The number of carbonyl (C=O) groups excluding carboxylic acids is 3. The third-order valence-electron chi connectivity index (χ3n) is 3.77. The number of methoxy groups -OCH3 is 1. The van der Waals surface area contributed by atoms with E-state index in [1.54, 1.807) is 26.2 Å². The molecule has 0 saturated carbocycles. The molecule has 7 nitrogen and oxygen atoms in total. The number of carbonyl (C=O) groups is 3. The van der Waals surface area contributed by atoms with Gasteiger partial charge in [0.1, 0.15) is 12.4 Å². The van der Waals surface area contributed by atoms with Crippen LogP contribution in [0.4, 0.5) is 0 Å². The van der Waals surface area contributed by atoms with Gasteiger partial charge in [0.05, 0.1) is 7.11 Å². The molecule has 2 amide bonds. The van der Waals surface area contributed by atoms with Gasteiger partial charge < -0.3 is 20.1 Å². The van der Waals surface area contributed by atoms with Crippen LogP contribution in [0.5, 0.6) is 5.75 Å². The van der Waals surface area contributed by atoms with Gasteiger partial charge in [0.2, 0.25) is 11.8 Å². The first-order valence-corrected chi connectivity index (χ1v) is 9.10. The summed E-state index contributed by atoms with van der Waals surface area (Å²) >= 11 is 0. The molecule has 152 valence electrons. The second-order valence-corrected chi connectivity index (χ2v) is 6.05. The monoisotopic (exact) mass is 388 g/mol. The van der Waals surface area contributed by atoms with Gasteiger partial charge in [-0.2, -0.15) is 0 Å². The van der Waals surface area contributed by atoms with E-state index >= 15 is 0 Å². The summed E-state index contributed by atoms with van der Waals surface area (Å²) < 4.78 is 9.84. The lowest BCUT2D eigenvalue weighted by Crippen LogP contribution is -2.27. The number of unbranched alkanes of at least 4 members (excludes halogenated alkanes) is 1. The zero-order chi connectivity index (χ0) is 20.8. The molecular formula is C21H28N2O5. The fourth-order valence-corrected chi connectivity index (χ4v) is 2.13. The zero-order valence-electron chi connectivity index (χ0n) is 16.6. The van der Waals surface area contributed by atoms with Crippen LogP contribution in [0.15, 0.2) is 42.0 Å². The van der Waals surface area contributed by atoms with Gasteiger partial charge in [-0.1, -0.05) is 12.1 Å². The summed E-state index contributed by atoms with van der Waals surface area (Å²) in [7, 11) is 1.60. The highest BCUT2D eigenvalue weighted by Crippen LogP contribution is 2.12. The number of esters is 1. The number of hydrogen-bond acceptors (Lipinski definition) is 5. The molecule has 0 bridgehead atoms. The SMILES string of the molecule is COc1ccc(/C=C/C(=O)NCCCCNC(=O)/C(C)=C/COC(C)=O)cc1. The Hall–Kier alpha value is -3.09. The van der Waals surface area contributed by atoms with Gasteiger partial charge in [0.25, 0.3) is 0 Å². The topological polar surface area (TPSA) is 93.7 Å². The summed E-state index contributed by atoms with van der Waals surface area (Å²) in [6.45, 7) is 4.10. The zero-order valence-corrected chi connectivity index (χ0v) is 16.6. The average molecular weight is 388 g/mol. The molecule has 1 rings (SSSR count). The highest BCUT2D eigenvalue weighted by Gasteiger charge is 2.03. The Morgan fingerprint density at radius 3 is 2.25 bits per heavy atom. The molecule has 0 saturated heterocycles. The summed E-state index contributed by atoms with van der Waals surface area (Å²) in [6.07, 6.45) is 6.27. The molecule has 0 fully saturated rings. The van der Waals surface area contributed by atoms with Gasteiger partial charge in [-0.15, -0.1) is 0 Å². The van der Waals surface area contributed by atoms with Crippen LogP contribution < -0.4 is 15.4 Å². The number of ether oxygens (including phenoxy) is 2. The maximum Gasteiger partial charge on any atom is 0.302 e. The van der Waals surface area contributed by atoms with Crippen molar-refractivity contribution in [3.05, 3.63) is 47.6 Å². The van der Waals surface area contributed by atoms with Crippen molar-refractivity contribution >= 4 is 23.9 Å². The molecule has 2 N–H and O–H groups in total. The van der Waals surface area contributed by atoms with E-state index in [9.17, 15) is 14.4 Å². The molecule has 0 aliphatic heterocycles. The largest absolute Gasteiger partial charge is 0.497 e. The molecule has 28 heavy (non-hydrogen) atoms. The molecule has 0 spiro atoms. The normalized spacial score (nSPS) is 11.2. The first kappa shape index (κ1) is 23.0. The van der Waals surface area contributed by atoms with Crippen molar-refractivity contribution in [3.8, 4) is 5.75 Å². The van der Waals surface area contributed by atoms with Crippen LogP contribution in [0.25, 0.3) is 6.08 Å². The van der Waals surface area contributed by atoms with E-state index in [0.717, 1.165) is 24.2 Å². The smallest absolute Gasteiger partial charge is 0.302 e. The summed E-state index contributed by atoms with van der Waals surface area (Å²) in [5, 5.41) is 5.58. The summed E-state index contributed by atoms with van der Waals surface area (Å²) in [5.41, 5.74) is 1.41. The van der Waals surface area contributed by atoms with Gasteiger partial charge in [0.15, 0.2) is 0 Å². The molecule has 0 atom stereocenters. The lowest BCUT2D eigenvalue weighted by molar-refractivity contribution is -0.139. The van der Waals surface area contributed by atoms with Gasteiger partial charge in [0, 0.05) is 31.7 Å². The first-order chi connectivity index (χ1) is 13.4. The Kier molecular flexibility index (Phi) is 10.8. The van der Waals surface area contributed by atoms with E-state index in [0.29, 0.717) is 18.7 Å². The standard InChI is InChI=1S/C21H28N2O5/c1-16(12-15-28-17(2)24)21(26)23-14-5-4-13-22-20(25)11-8-18-6-9-19(27-3)10-7-18/h6-12H,4-5,13-15H2,1-3H3,(H,22,25)(H,23,26)/b11-8+,16-12+. The van der Waals surface area contributed by atoms with Gasteiger partial charge >= 0.3 is 5.97 Å². The molecule has 0 aliphatic rings. The van der Waals surface area contributed by atoms with Crippen LogP contribution >= 0.6 is 0 Å². The lowest BCUT2D eigenvalue weighted by atomic mass is 10.2. The highest BCUT2D eigenvalue weighted by atomic mass is 16.5. The third-order valence-corrected chi connectivity index (χ3v) is 3.77. The van der Waals surface area contributed by atoms with Crippen LogP contribution in [0, 0.1) is 0 Å². The predicted octanol–water partition coefficient (Wildman–Crippen LogP) is 2.23. The molecule has 0 aliphatic carbocycles. The minimum atomic E-state index is -0.384. The van der Waals surface area contributed by atoms with Crippen molar-refractivity contribution in [2.24, 2.45) is 0 Å². The maximum absolute atomic E-state index is 11.8. The quantitative estimate of drug-likeness (QED) is 0.344. The van der Waals surface area contributed by atoms with E-state index in [-0.39, 0.29) is 24.4 Å². The van der Waals surface area contributed by atoms with E-state index in [2.05, 4.69) is 10.6 Å².